The first kappa shape index (κ1) is 14.2. The molecule has 0 saturated heterocycles. The largest absolute Gasteiger partial charge is 0.480 e. The minimum absolute atomic E-state index is 0.524. The van der Waals surface area contributed by atoms with Gasteiger partial charge >= 0.3 is 5.97 Å². The molecule has 0 aliphatic rings. The lowest BCUT2D eigenvalue weighted by atomic mass is 9.96. The first-order valence-corrected chi connectivity index (χ1v) is 6.71. The predicted octanol–water partition coefficient (Wildman–Crippen LogP) is 2.99. The lowest BCUT2D eigenvalue weighted by Crippen LogP contribution is -2.43. The zero-order valence-electron chi connectivity index (χ0n) is 12.0. The van der Waals surface area contributed by atoms with Crippen molar-refractivity contribution in [1.82, 2.24) is 9.97 Å². The van der Waals surface area contributed by atoms with Crippen molar-refractivity contribution in [2.24, 2.45) is 0 Å². The molecule has 2 N–H and O–H groups in total. The Morgan fingerprint density at radius 3 is 2.45 bits per heavy atom. The van der Waals surface area contributed by atoms with E-state index in [2.05, 4.69) is 15.3 Å². The molecule has 1 aromatic heterocycles. The number of benzene rings is 1. The third kappa shape index (κ3) is 2.71. The molecule has 1 heterocycles. The van der Waals surface area contributed by atoms with Gasteiger partial charge in [0, 0.05) is 0 Å². The van der Waals surface area contributed by atoms with Crippen LogP contribution in [-0.2, 0) is 4.79 Å². The van der Waals surface area contributed by atoms with Gasteiger partial charge in [0.15, 0.2) is 0 Å². The van der Waals surface area contributed by atoms with E-state index in [9.17, 15) is 9.90 Å². The molecule has 5 heteroatoms. The van der Waals surface area contributed by atoms with Crippen LogP contribution in [-0.4, -0.2) is 26.6 Å². The number of carboxylic acid groups (broad SMARTS) is 1. The number of fused-ring (bicyclic) bond motifs is 1. The summed E-state index contributed by atoms with van der Waals surface area (Å²) < 4.78 is 0. The number of anilines is 1. The first-order valence-electron chi connectivity index (χ1n) is 6.71. The Labute approximate surface area is 118 Å². The van der Waals surface area contributed by atoms with Gasteiger partial charge in [-0.3, -0.25) is 0 Å². The Hall–Kier alpha value is -2.17. The number of hydrogen-bond donors (Lipinski definition) is 2. The summed E-state index contributed by atoms with van der Waals surface area (Å²) in [4.78, 5) is 20.4. The average Bonchev–Trinajstić information content (AvgIpc) is 2.39. The maximum Gasteiger partial charge on any atom is 0.329 e. The minimum Gasteiger partial charge on any atom is -0.480 e. The number of carbonyl (C=O) groups is 1. The van der Waals surface area contributed by atoms with Gasteiger partial charge in [-0.15, -0.1) is 0 Å². The van der Waals surface area contributed by atoms with E-state index in [1.165, 1.54) is 0 Å². The molecule has 0 aliphatic heterocycles. The van der Waals surface area contributed by atoms with E-state index < -0.39 is 11.5 Å². The Balaban J connectivity index is 2.42. The summed E-state index contributed by atoms with van der Waals surface area (Å²) in [7, 11) is 0. The number of nitrogens with zero attached hydrogens (tertiary/aromatic N) is 2. The van der Waals surface area contributed by atoms with Gasteiger partial charge in [0.05, 0.1) is 16.7 Å². The van der Waals surface area contributed by atoms with Crippen LogP contribution in [0.25, 0.3) is 11.0 Å². The highest BCUT2D eigenvalue weighted by molar-refractivity contribution is 5.83. The molecule has 0 saturated carbocycles. The van der Waals surface area contributed by atoms with Gasteiger partial charge in [0.25, 0.3) is 0 Å². The van der Waals surface area contributed by atoms with Crippen molar-refractivity contribution in [1.29, 1.82) is 0 Å². The zero-order valence-corrected chi connectivity index (χ0v) is 12.0. The Morgan fingerprint density at radius 2 is 1.90 bits per heavy atom. The fourth-order valence-corrected chi connectivity index (χ4v) is 2.19. The fraction of sp³-hybridized carbons (Fsp3) is 0.400. The predicted molar refractivity (Wildman–Crippen MR) is 78.8 cm³/mol. The third-order valence-corrected chi connectivity index (χ3v) is 3.36. The van der Waals surface area contributed by atoms with E-state index in [4.69, 9.17) is 0 Å². The highest BCUT2D eigenvalue weighted by Gasteiger charge is 2.33. The molecule has 2 aromatic rings. The van der Waals surface area contributed by atoms with E-state index in [-0.39, 0.29) is 0 Å². The summed E-state index contributed by atoms with van der Waals surface area (Å²) in [6.07, 6.45) is 1.30. The molecule has 1 atom stereocenters. The molecule has 2 rings (SSSR count). The van der Waals surface area contributed by atoms with Crippen molar-refractivity contribution in [2.75, 3.05) is 5.32 Å². The summed E-state index contributed by atoms with van der Waals surface area (Å²) >= 11 is 0. The molecule has 0 aliphatic carbocycles. The SMILES string of the molecule is CCCC(C)(Nc1nc2ccccc2nc1C)C(=O)O. The van der Waals surface area contributed by atoms with Gasteiger partial charge in [0.1, 0.15) is 11.4 Å². The first-order chi connectivity index (χ1) is 9.46. The van der Waals surface area contributed by atoms with Crippen molar-refractivity contribution in [3.8, 4) is 0 Å². The molecule has 20 heavy (non-hydrogen) atoms. The van der Waals surface area contributed by atoms with Crippen LogP contribution in [0.3, 0.4) is 0 Å². The average molecular weight is 273 g/mol. The van der Waals surface area contributed by atoms with E-state index in [1.54, 1.807) is 6.92 Å². The highest BCUT2D eigenvalue weighted by atomic mass is 16.4. The zero-order chi connectivity index (χ0) is 14.8. The Morgan fingerprint density at radius 1 is 1.30 bits per heavy atom. The quantitative estimate of drug-likeness (QED) is 0.876. The molecule has 1 unspecified atom stereocenters. The van der Waals surface area contributed by atoms with Gasteiger partial charge in [-0.05, 0) is 32.4 Å². The molecule has 1 aromatic carbocycles. The van der Waals surface area contributed by atoms with Gasteiger partial charge in [-0.1, -0.05) is 25.5 Å². The van der Waals surface area contributed by atoms with Gasteiger partial charge in [0.2, 0.25) is 0 Å². The second-order valence-corrected chi connectivity index (χ2v) is 5.16. The summed E-state index contributed by atoms with van der Waals surface area (Å²) in [5.74, 6) is -0.351. The van der Waals surface area contributed by atoms with Crippen molar-refractivity contribution in [3.05, 3.63) is 30.0 Å². The van der Waals surface area contributed by atoms with Crippen LogP contribution in [0.2, 0.25) is 0 Å². The van der Waals surface area contributed by atoms with Crippen LogP contribution in [0.5, 0.6) is 0 Å². The van der Waals surface area contributed by atoms with Crippen molar-refractivity contribution in [3.63, 3.8) is 0 Å². The second-order valence-electron chi connectivity index (χ2n) is 5.16. The summed E-state index contributed by atoms with van der Waals surface area (Å²) in [5.41, 5.74) is 1.23. The van der Waals surface area contributed by atoms with E-state index in [0.717, 1.165) is 17.5 Å². The Kier molecular flexibility index (Phi) is 3.88. The maximum atomic E-state index is 11.5. The minimum atomic E-state index is -1.03. The van der Waals surface area contributed by atoms with E-state index in [0.29, 0.717) is 17.9 Å². The smallest absolute Gasteiger partial charge is 0.329 e. The van der Waals surface area contributed by atoms with Gasteiger partial charge in [-0.25, -0.2) is 14.8 Å². The number of aliphatic carboxylic acids is 1. The monoisotopic (exact) mass is 273 g/mol. The normalized spacial score (nSPS) is 13.9. The van der Waals surface area contributed by atoms with E-state index >= 15 is 0 Å². The molecular formula is C15H19N3O2. The van der Waals surface area contributed by atoms with Crippen LogP contribution in [0.1, 0.15) is 32.4 Å². The third-order valence-electron chi connectivity index (χ3n) is 3.36. The standard InChI is InChI=1S/C15H19N3O2/c1-4-9-15(3,14(19)20)18-13-10(2)16-11-7-5-6-8-12(11)17-13/h5-8H,4,9H2,1-3H3,(H,17,18)(H,19,20). The second kappa shape index (κ2) is 5.45. The number of aromatic nitrogens is 2. The van der Waals surface area contributed by atoms with Gasteiger partial charge < -0.3 is 10.4 Å². The molecule has 5 nitrogen and oxygen atoms in total. The summed E-state index contributed by atoms with van der Waals surface area (Å²) in [6, 6.07) is 7.55. The molecular weight excluding hydrogens is 254 g/mol. The van der Waals surface area contributed by atoms with Crippen LogP contribution < -0.4 is 5.32 Å². The van der Waals surface area contributed by atoms with Crippen molar-refractivity contribution >= 4 is 22.8 Å². The van der Waals surface area contributed by atoms with E-state index in [1.807, 2.05) is 38.1 Å². The molecule has 106 valence electrons. The highest BCUT2D eigenvalue weighted by Crippen LogP contribution is 2.23. The number of carboxylic acids is 1. The topological polar surface area (TPSA) is 75.1 Å². The molecule has 0 bridgehead atoms. The number of rotatable bonds is 5. The fourth-order valence-electron chi connectivity index (χ4n) is 2.19. The van der Waals surface area contributed by atoms with Crippen LogP contribution in [0.15, 0.2) is 24.3 Å². The number of para-hydroxylation sites is 2. The number of nitrogens with one attached hydrogen (secondary N) is 1. The van der Waals surface area contributed by atoms with Crippen molar-refractivity contribution in [2.45, 2.75) is 39.2 Å². The lowest BCUT2D eigenvalue weighted by Gasteiger charge is -2.27. The van der Waals surface area contributed by atoms with Crippen LogP contribution >= 0.6 is 0 Å². The van der Waals surface area contributed by atoms with Crippen LogP contribution in [0.4, 0.5) is 5.82 Å². The molecule has 0 amide bonds. The number of aryl methyl sites for hydroxylation is 1. The summed E-state index contributed by atoms with van der Waals surface area (Å²) in [5, 5.41) is 12.5. The van der Waals surface area contributed by atoms with Crippen molar-refractivity contribution < 1.29 is 9.90 Å². The van der Waals surface area contributed by atoms with Crippen LogP contribution in [0, 0.1) is 6.92 Å². The Bertz CT molecular complexity index is 642. The van der Waals surface area contributed by atoms with Gasteiger partial charge in [-0.2, -0.15) is 0 Å². The summed E-state index contributed by atoms with van der Waals surface area (Å²) in [6.45, 7) is 5.47. The lowest BCUT2D eigenvalue weighted by molar-refractivity contribution is -0.142. The molecule has 0 radical (unpaired) electrons. The molecule has 0 fully saturated rings. The maximum absolute atomic E-state index is 11.5. The molecule has 0 spiro atoms. The number of hydrogen-bond acceptors (Lipinski definition) is 4.